The summed E-state index contributed by atoms with van der Waals surface area (Å²) >= 11 is 0. The number of aromatic nitrogens is 2. The highest BCUT2D eigenvalue weighted by Crippen LogP contribution is 2.32. The summed E-state index contributed by atoms with van der Waals surface area (Å²) in [6.07, 6.45) is 4.07. The number of nitrogens with zero attached hydrogens (tertiary/aromatic N) is 3. The molecular weight excluding hydrogens is 352 g/mol. The van der Waals surface area contributed by atoms with E-state index in [1.54, 1.807) is 6.20 Å². The molecule has 0 aliphatic heterocycles. The van der Waals surface area contributed by atoms with Crippen molar-refractivity contribution in [1.29, 1.82) is 0 Å². The van der Waals surface area contributed by atoms with Gasteiger partial charge >= 0.3 is 0 Å². The molecule has 0 unspecified atom stereocenters. The van der Waals surface area contributed by atoms with Gasteiger partial charge in [0.05, 0.1) is 17.4 Å². The van der Waals surface area contributed by atoms with Crippen LogP contribution in [0, 0.1) is 0 Å². The van der Waals surface area contributed by atoms with Gasteiger partial charge in [-0.3, -0.25) is 4.79 Å². The molecule has 1 aromatic heterocycles. The number of hydrogen-bond acceptors (Lipinski definition) is 6. The average molecular weight is 383 g/mol. The van der Waals surface area contributed by atoms with E-state index in [2.05, 4.69) is 44.5 Å². The van der Waals surface area contributed by atoms with Crippen molar-refractivity contribution in [2.75, 3.05) is 37.5 Å². The number of ketones is 1. The SMILES string of the molecule is CC(C)OCCCNc1ncc2c(n1)C[C@H](c1ccc(N(C)C)cc1)CC2=O. The number of nitrogens with one attached hydrogen (secondary N) is 1. The topological polar surface area (TPSA) is 67.3 Å². The highest BCUT2D eigenvalue weighted by atomic mass is 16.5. The summed E-state index contributed by atoms with van der Waals surface area (Å²) in [5.74, 6) is 0.873. The quantitative estimate of drug-likeness (QED) is 0.703. The van der Waals surface area contributed by atoms with Gasteiger partial charge in [0.2, 0.25) is 5.95 Å². The first-order valence-corrected chi connectivity index (χ1v) is 9.96. The van der Waals surface area contributed by atoms with Gasteiger partial charge in [0, 0.05) is 45.6 Å². The van der Waals surface area contributed by atoms with Gasteiger partial charge in [-0.05, 0) is 50.3 Å². The van der Waals surface area contributed by atoms with E-state index < -0.39 is 0 Å². The van der Waals surface area contributed by atoms with Crippen LogP contribution in [0.5, 0.6) is 0 Å². The maximum absolute atomic E-state index is 12.6. The standard InChI is InChI=1S/C22H30N4O2/c1-15(2)28-11-5-10-23-22-24-14-19-20(25-22)12-17(13-21(19)27)16-6-8-18(9-7-16)26(3)4/h6-9,14-15,17H,5,10-13H2,1-4H3,(H,23,24,25)/t17-/m0/s1. The third-order valence-electron chi connectivity index (χ3n) is 4.98. The lowest BCUT2D eigenvalue weighted by Crippen LogP contribution is -2.21. The minimum Gasteiger partial charge on any atom is -0.379 e. The molecule has 150 valence electrons. The number of Topliss-reactive ketones (excluding diaryl/α,β-unsaturated/α-hetero) is 1. The molecule has 0 amide bonds. The number of rotatable bonds is 8. The molecule has 1 N–H and O–H groups in total. The molecule has 1 aliphatic carbocycles. The second-order valence-electron chi connectivity index (χ2n) is 7.77. The Kier molecular flexibility index (Phi) is 6.62. The van der Waals surface area contributed by atoms with E-state index in [4.69, 9.17) is 4.74 Å². The van der Waals surface area contributed by atoms with Crippen LogP contribution in [0.4, 0.5) is 11.6 Å². The molecule has 6 heteroatoms. The fourth-order valence-corrected chi connectivity index (χ4v) is 3.40. The first kappa shape index (κ1) is 20.3. The molecule has 1 aromatic carbocycles. The average Bonchev–Trinajstić information content (AvgIpc) is 2.67. The number of carbonyl (C=O) groups is 1. The third-order valence-corrected chi connectivity index (χ3v) is 4.98. The Morgan fingerprint density at radius 1 is 1.21 bits per heavy atom. The first-order chi connectivity index (χ1) is 13.4. The molecule has 0 spiro atoms. The summed E-state index contributed by atoms with van der Waals surface area (Å²) in [5, 5.41) is 3.24. The second-order valence-corrected chi connectivity index (χ2v) is 7.77. The predicted octanol–water partition coefficient (Wildman–Crippen LogP) is 3.68. The molecule has 6 nitrogen and oxygen atoms in total. The van der Waals surface area contributed by atoms with Gasteiger partial charge in [-0.15, -0.1) is 0 Å². The lowest BCUT2D eigenvalue weighted by molar-refractivity contribution is 0.0787. The Labute approximate surface area is 167 Å². The van der Waals surface area contributed by atoms with Crippen LogP contribution in [0.25, 0.3) is 0 Å². The summed E-state index contributed by atoms with van der Waals surface area (Å²) in [6.45, 7) is 5.51. The number of ether oxygens (including phenoxy) is 1. The van der Waals surface area contributed by atoms with Crippen LogP contribution in [0.3, 0.4) is 0 Å². The molecule has 1 aliphatic rings. The smallest absolute Gasteiger partial charge is 0.222 e. The largest absolute Gasteiger partial charge is 0.379 e. The molecule has 1 heterocycles. The van der Waals surface area contributed by atoms with Crippen molar-refractivity contribution in [2.45, 2.75) is 45.1 Å². The van der Waals surface area contributed by atoms with E-state index in [9.17, 15) is 4.79 Å². The van der Waals surface area contributed by atoms with Gasteiger partial charge in [-0.2, -0.15) is 0 Å². The summed E-state index contributed by atoms with van der Waals surface area (Å²) in [7, 11) is 4.05. The van der Waals surface area contributed by atoms with Crippen molar-refractivity contribution < 1.29 is 9.53 Å². The van der Waals surface area contributed by atoms with Crippen molar-refractivity contribution in [1.82, 2.24) is 9.97 Å². The van der Waals surface area contributed by atoms with Gasteiger partial charge in [-0.25, -0.2) is 9.97 Å². The van der Waals surface area contributed by atoms with E-state index in [0.29, 0.717) is 24.5 Å². The van der Waals surface area contributed by atoms with Gasteiger partial charge in [-0.1, -0.05) is 12.1 Å². The normalized spacial score (nSPS) is 16.2. The van der Waals surface area contributed by atoms with E-state index in [1.807, 2.05) is 27.9 Å². The molecule has 28 heavy (non-hydrogen) atoms. The lowest BCUT2D eigenvalue weighted by Gasteiger charge is -2.24. The molecule has 0 saturated carbocycles. The van der Waals surface area contributed by atoms with Crippen LogP contribution >= 0.6 is 0 Å². The van der Waals surface area contributed by atoms with E-state index in [-0.39, 0.29) is 17.8 Å². The monoisotopic (exact) mass is 382 g/mol. The van der Waals surface area contributed by atoms with Crippen LogP contribution in [0.1, 0.15) is 54.2 Å². The Hall–Kier alpha value is -2.47. The van der Waals surface area contributed by atoms with Crippen LogP contribution in [-0.2, 0) is 11.2 Å². The molecular formula is C22H30N4O2. The predicted molar refractivity (Wildman–Crippen MR) is 112 cm³/mol. The third kappa shape index (κ3) is 5.07. The summed E-state index contributed by atoms with van der Waals surface area (Å²) in [4.78, 5) is 23.6. The van der Waals surface area contributed by atoms with E-state index in [0.717, 1.165) is 30.8 Å². The fourth-order valence-electron chi connectivity index (χ4n) is 3.40. The lowest BCUT2D eigenvalue weighted by atomic mass is 9.82. The number of benzene rings is 1. The summed E-state index contributed by atoms with van der Waals surface area (Å²) < 4.78 is 5.54. The van der Waals surface area contributed by atoms with Crippen LogP contribution in [0.2, 0.25) is 0 Å². The zero-order valence-corrected chi connectivity index (χ0v) is 17.2. The summed E-state index contributed by atoms with van der Waals surface area (Å²) in [6, 6.07) is 8.43. The van der Waals surface area contributed by atoms with E-state index >= 15 is 0 Å². The summed E-state index contributed by atoms with van der Waals surface area (Å²) in [5.41, 5.74) is 3.84. The molecule has 2 aromatic rings. The Balaban J connectivity index is 1.65. The Morgan fingerprint density at radius 2 is 1.96 bits per heavy atom. The molecule has 3 rings (SSSR count). The van der Waals surface area contributed by atoms with Gasteiger partial charge in [0.15, 0.2) is 5.78 Å². The molecule has 1 atom stereocenters. The number of hydrogen-bond donors (Lipinski definition) is 1. The van der Waals surface area contributed by atoms with Gasteiger partial charge in [0.1, 0.15) is 0 Å². The van der Waals surface area contributed by atoms with Crippen LogP contribution in [-0.4, -0.2) is 49.1 Å². The minimum atomic E-state index is 0.125. The second kappa shape index (κ2) is 9.15. The van der Waals surface area contributed by atoms with Crippen molar-refractivity contribution in [3.05, 3.63) is 47.3 Å². The molecule has 0 fully saturated rings. The van der Waals surface area contributed by atoms with Gasteiger partial charge in [0.25, 0.3) is 0 Å². The maximum Gasteiger partial charge on any atom is 0.222 e. The van der Waals surface area contributed by atoms with Crippen LogP contribution < -0.4 is 10.2 Å². The number of anilines is 2. The maximum atomic E-state index is 12.6. The Bertz CT molecular complexity index is 803. The zero-order valence-electron chi connectivity index (χ0n) is 17.2. The zero-order chi connectivity index (χ0) is 20.1. The highest BCUT2D eigenvalue weighted by Gasteiger charge is 2.28. The molecule has 0 bridgehead atoms. The Morgan fingerprint density at radius 3 is 2.64 bits per heavy atom. The van der Waals surface area contributed by atoms with E-state index in [1.165, 1.54) is 5.56 Å². The van der Waals surface area contributed by atoms with Crippen LogP contribution in [0.15, 0.2) is 30.5 Å². The van der Waals surface area contributed by atoms with Crippen molar-refractivity contribution >= 4 is 17.4 Å². The van der Waals surface area contributed by atoms with Gasteiger partial charge < -0.3 is 15.0 Å². The highest BCUT2D eigenvalue weighted by molar-refractivity contribution is 5.98. The van der Waals surface area contributed by atoms with Crippen molar-refractivity contribution in [3.63, 3.8) is 0 Å². The minimum absolute atomic E-state index is 0.125. The number of fused-ring (bicyclic) bond motifs is 1. The first-order valence-electron chi connectivity index (χ1n) is 9.96. The molecule has 0 saturated heterocycles. The van der Waals surface area contributed by atoms with Crippen molar-refractivity contribution in [3.8, 4) is 0 Å². The fraction of sp³-hybridized carbons (Fsp3) is 0.500. The number of carbonyl (C=O) groups excluding carboxylic acids is 1. The van der Waals surface area contributed by atoms with Crippen molar-refractivity contribution in [2.24, 2.45) is 0 Å². The molecule has 0 radical (unpaired) electrons.